The standard InChI is InChI=1S/C12H17N5/c1-2-4-11-14-7-8-17(11)9-10-5-3-6-15-12(10)16-13/h3,5-8H,2,4,9,13H2,1H3,(H,15,16). The first-order valence-electron chi connectivity index (χ1n) is 5.75. The summed E-state index contributed by atoms with van der Waals surface area (Å²) in [6.07, 6.45) is 7.61. The molecule has 0 aliphatic rings. The van der Waals surface area contributed by atoms with Crippen molar-refractivity contribution in [3.8, 4) is 0 Å². The molecule has 2 aromatic heterocycles. The summed E-state index contributed by atoms with van der Waals surface area (Å²) in [5.74, 6) is 7.25. The van der Waals surface area contributed by atoms with Crippen molar-refractivity contribution >= 4 is 5.82 Å². The van der Waals surface area contributed by atoms with Gasteiger partial charge in [-0.25, -0.2) is 15.8 Å². The molecule has 3 N–H and O–H groups in total. The molecule has 5 heteroatoms. The SMILES string of the molecule is CCCc1nccn1Cc1cccnc1NN. The van der Waals surface area contributed by atoms with Crippen molar-refractivity contribution in [2.75, 3.05) is 5.43 Å². The first-order valence-corrected chi connectivity index (χ1v) is 5.75. The summed E-state index contributed by atoms with van der Waals surface area (Å²) >= 11 is 0. The number of nitrogens with one attached hydrogen (secondary N) is 1. The summed E-state index contributed by atoms with van der Waals surface area (Å²) in [5.41, 5.74) is 3.68. The minimum atomic E-state index is 0.712. The fourth-order valence-corrected chi connectivity index (χ4v) is 1.82. The van der Waals surface area contributed by atoms with Crippen LogP contribution in [-0.2, 0) is 13.0 Å². The van der Waals surface area contributed by atoms with Gasteiger partial charge in [0.25, 0.3) is 0 Å². The van der Waals surface area contributed by atoms with Crippen molar-refractivity contribution in [2.45, 2.75) is 26.3 Å². The molecule has 0 aliphatic carbocycles. The molecule has 5 nitrogen and oxygen atoms in total. The first kappa shape index (κ1) is 11.6. The predicted molar refractivity (Wildman–Crippen MR) is 67.4 cm³/mol. The third-order valence-corrected chi connectivity index (χ3v) is 2.64. The van der Waals surface area contributed by atoms with E-state index in [2.05, 4.69) is 26.9 Å². The zero-order valence-corrected chi connectivity index (χ0v) is 9.93. The van der Waals surface area contributed by atoms with Gasteiger partial charge in [-0.15, -0.1) is 0 Å². The van der Waals surface area contributed by atoms with E-state index in [0.717, 1.165) is 30.8 Å². The lowest BCUT2D eigenvalue weighted by molar-refractivity contribution is 0.704. The van der Waals surface area contributed by atoms with E-state index in [4.69, 9.17) is 5.84 Å². The molecule has 2 rings (SSSR count). The second-order valence-corrected chi connectivity index (χ2v) is 3.88. The zero-order valence-electron chi connectivity index (χ0n) is 9.93. The Morgan fingerprint density at radius 3 is 3.00 bits per heavy atom. The molecular weight excluding hydrogens is 214 g/mol. The summed E-state index contributed by atoms with van der Waals surface area (Å²) in [6, 6.07) is 3.92. The lowest BCUT2D eigenvalue weighted by Crippen LogP contribution is -2.13. The van der Waals surface area contributed by atoms with E-state index in [1.807, 2.05) is 24.5 Å². The Morgan fingerprint density at radius 1 is 1.35 bits per heavy atom. The van der Waals surface area contributed by atoms with Crippen molar-refractivity contribution in [2.24, 2.45) is 5.84 Å². The molecule has 0 saturated carbocycles. The van der Waals surface area contributed by atoms with Gasteiger partial charge < -0.3 is 9.99 Å². The number of hydrogen-bond acceptors (Lipinski definition) is 4. The van der Waals surface area contributed by atoms with Gasteiger partial charge in [0.2, 0.25) is 0 Å². The number of hydrogen-bond donors (Lipinski definition) is 2. The Bertz CT molecular complexity index is 477. The molecule has 0 aromatic carbocycles. The molecule has 2 heterocycles. The van der Waals surface area contributed by atoms with Gasteiger partial charge in [-0.1, -0.05) is 13.0 Å². The Kier molecular flexibility index (Phi) is 3.72. The van der Waals surface area contributed by atoms with Gasteiger partial charge >= 0.3 is 0 Å². The van der Waals surface area contributed by atoms with E-state index in [9.17, 15) is 0 Å². The van der Waals surface area contributed by atoms with Crippen molar-refractivity contribution in [1.82, 2.24) is 14.5 Å². The first-order chi connectivity index (χ1) is 8.35. The number of aromatic nitrogens is 3. The summed E-state index contributed by atoms with van der Waals surface area (Å²) in [7, 11) is 0. The number of imidazole rings is 1. The molecule has 0 bridgehead atoms. The van der Waals surface area contributed by atoms with E-state index < -0.39 is 0 Å². The van der Waals surface area contributed by atoms with E-state index in [0.29, 0.717) is 5.82 Å². The second kappa shape index (κ2) is 5.45. The number of anilines is 1. The Labute approximate surface area is 101 Å². The second-order valence-electron chi connectivity index (χ2n) is 3.88. The summed E-state index contributed by atoms with van der Waals surface area (Å²) in [6.45, 7) is 2.89. The van der Waals surface area contributed by atoms with Crippen LogP contribution in [0.4, 0.5) is 5.82 Å². The van der Waals surface area contributed by atoms with E-state index in [1.165, 1.54) is 0 Å². The highest BCUT2D eigenvalue weighted by Crippen LogP contribution is 2.13. The van der Waals surface area contributed by atoms with Crippen molar-refractivity contribution in [1.29, 1.82) is 0 Å². The quantitative estimate of drug-likeness (QED) is 0.605. The molecule has 0 aliphatic heterocycles. The number of hydrazine groups is 1. The van der Waals surface area contributed by atoms with Crippen LogP contribution in [0.3, 0.4) is 0 Å². The molecule has 0 radical (unpaired) electrons. The predicted octanol–water partition coefficient (Wildman–Crippen LogP) is 1.56. The highest BCUT2D eigenvalue weighted by atomic mass is 15.3. The van der Waals surface area contributed by atoms with Crippen LogP contribution < -0.4 is 11.3 Å². The minimum Gasteiger partial charge on any atom is -0.330 e. The minimum absolute atomic E-state index is 0.712. The molecule has 0 saturated heterocycles. The number of pyridine rings is 1. The topological polar surface area (TPSA) is 68.8 Å². The molecule has 0 atom stereocenters. The van der Waals surface area contributed by atoms with E-state index in [-0.39, 0.29) is 0 Å². The van der Waals surface area contributed by atoms with Gasteiger partial charge in [-0.3, -0.25) is 0 Å². The van der Waals surface area contributed by atoms with Gasteiger partial charge in [-0.05, 0) is 12.5 Å². The third-order valence-electron chi connectivity index (χ3n) is 2.64. The monoisotopic (exact) mass is 231 g/mol. The Hall–Kier alpha value is -1.88. The Morgan fingerprint density at radius 2 is 2.24 bits per heavy atom. The summed E-state index contributed by atoms with van der Waals surface area (Å²) < 4.78 is 2.13. The van der Waals surface area contributed by atoms with Crippen LogP contribution in [-0.4, -0.2) is 14.5 Å². The molecule has 0 spiro atoms. The van der Waals surface area contributed by atoms with Crippen LogP contribution in [0.25, 0.3) is 0 Å². The fourth-order valence-electron chi connectivity index (χ4n) is 1.82. The van der Waals surface area contributed by atoms with E-state index >= 15 is 0 Å². The number of nitrogen functional groups attached to an aromatic ring is 1. The van der Waals surface area contributed by atoms with Gasteiger partial charge in [0.15, 0.2) is 0 Å². The van der Waals surface area contributed by atoms with Crippen molar-refractivity contribution in [3.05, 3.63) is 42.1 Å². The average molecular weight is 231 g/mol. The van der Waals surface area contributed by atoms with Crippen LogP contribution >= 0.6 is 0 Å². The van der Waals surface area contributed by atoms with Crippen molar-refractivity contribution in [3.63, 3.8) is 0 Å². The molecule has 90 valence electrons. The van der Waals surface area contributed by atoms with Crippen LogP contribution in [0.2, 0.25) is 0 Å². The van der Waals surface area contributed by atoms with Crippen molar-refractivity contribution < 1.29 is 0 Å². The lowest BCUT2D eigenvalue weighted by Gasteiger charge is -2.10. The van der Waals surface area contributed by atoms with Gasteiger partial charge in [-0.2, -0.15) is 0 Å². The molecule has 0 fully saturated rings. The van der Waals surface area contributed by atoms with Gasteiger partial charge in [0.05, 0.1) is 6.54 Å². The summed E-state index contributed by atoms with van der Waals surface area (Å²) in [4.78, 5) is 8.53. The maximum Gasteiger partial charge on any atom is 0.144 e. The molecule has 2 aromatic rings. The average Bonchev–Trinajstić information content (AvgIpc) is 2.78. The lowest BCUT2D eigenvalue weighted by atomic mass is 10.2. The van der Waals surface area contributed by atoms with Gasteiger partial charge in [0, 0.05) is 30.6 Å². The summed E-state index contributed by atoms with van der Waals surface area (Å²) in [5, 5.41) is 0. The van der Waals surface area contributed by atoms with Crippen LogP contribution in [0, 0.1) is 0 Å². The number of nitrogens with zero attached hydrogens (tertiary/aromatic N) is 3. The number of nitrogens with two attached hydrogens (primary N) is 1. The molecule has 17 heavy (non-hydrogen) atoms. The number of aryl methyl sites for hydroxylation is 1. The fraction of sp³-hybridized carbons (Fsp3) is 0.333. The maximum atomic E-state index is 5.44. The third kappa shape index (κ3) is 2.62. The zero-order chi connectivity index (χ0) is 12.1. The van der Waals surface area contributed by atoms with Crippen LogP contribution in [0.15, 0.2) is 30.7 Å². The molecule has 0 amide bonds. The van der Waals surface area contributed by atoms with Crippen LogP contribution in [0.1, 0.15) is 24.7 Å². The molecular formula is C12H17N5. The normalized spacial score (nSPS) is 10.5. The van der Waals surface area contributed by atoms with Crippen LogP contribution in [0.5, 0.6) is 0 Å². The largest absolute Gasteiger partial charge is 0.330 e. The highest BCUT2D eigenvalue weighted by Gasteiger charge is 2.06. The number of rotatable bonds is 5. The maximum absolute atomic E-state index is 5.44. The smallest absolute Gasteiger partial charge is 0.144 e. The van der Waals surface area contributed by atoms with Gasteiger partial charge in [0.1, 0.15) is 11.6 Å². The highest BCUT2D eigenvalue weighted by molar-refractivity contribution is 5.42. The molecule has 0 unspecified atom stereocenters. The Balaban J connectivity index is 2.22. The van der Waals surface area contributed by atoms with E-state index in [1.54, 1.807) is 6.20 Å².